The monoisotopic (exact) mass is 333 g/mol. The highest BCUT2D eigenvalue weighted by Crippen LogP contribution is 2.36. The Bertz CT molecular complexity index is 1080. The van der Waals surface area contributed by atoms with Crippen molar-refractivity contribution in [1.29, 1.82) is 0 Å². The summed E-state index contributed by atoms with van der Waals surface area (Å²) in [6, 6.07) is 11.0. The van der Waals surface area contributed by atoms with E-state index in [-0.39, 0.29) is 5.82 Å². The molecule has 4 aromatic rings. The molecule has 1 N–H and O–H groups in total. The van der Waals surface area contributed by atoms with Crippen LogP contribution in [0.25, 0.3) is 33.6 Å². The van der Waals surface area contributed by atoms with Gasteiger partial charge < -0.3 is 4.57 Å². The van der Waals surface area contributed by atoms with Gasteiger partial charge in [-0.25, -0.2) is 4.39 Å². The zero-order valence-electron chi connectivity index (χ0n) is 14.5. The van der Waals surface area contributed by atoms with E-state index in [0.717, 1.165) is 22.1 Å². The molecule has 0 saturated heterocycles. The number of fused-ring (bicyclic) bond motifs is 2. The lowest BCUT2D eigenvalue weighted by Crippen LogP contribution is -2.03. The minimum Gasteiger partial charge on any atom is -0.313 e. The molecule has 3 nitrogen and oxygen atoms in total. The van der Waals surface area contributed by atoms with Gasteiger partial charge in [-0.3, -0.25) is 5.10 Å². The maximum absolute atomic E-state index is 13.4. The van der Waals surface area contributed by atoms with Crippen molar-refractivity contribution in [3.05, 3.63) is 65.7 Å². The number of H-pyrrole nitrogens is 1. The molecule has 4 heteroatoms. The molecule has 2 aromatic heterocycles. The van der Waals surface area contributed by atoms with Crippen LogP contribution < -0.4 is 0 Å². The molecule has 0 saturated carbocycles. The molecule has 0 unspecified atom stereocenters. The van der Waals surface area contributed by atoms with Crippen LogP contribution in [0.3, 0.4) is 0 Å². The van der Waals surface area contributed by atoms with Crippen LogP contribution in [0.1, 0.15) is 37.9 Å². The molecule has 0 bridgehead atoms. The molecule has 0 aliphatic rings. The van der Waals surface area contributed by atoms with Gasteiger partial charge in [0.25, 0.3) is 0 Å². The van der Waals surface area contributed by atoms with Gasteiger partial charge in [0.1, 0.15) is 5.82 Å². The van der Waals surface area contributed by atoms with Gasteiger partial charge in [0.05, 0.1) is 17.2 Å². The molecule has 2 aromatic carbocycles. The third kappa shape index (κ3) is 2.45. The van der Waals surface area contributed by atoms with E-state index in [1.54, 1.807) is 0 Å². The number of nitrogens with one attached hydrogen (secondary N) is 1. The first-order chi connectivity index (χ1) is 12.1. The normalized spacial score (nSPS) is 12.2. The molecule has 126 valence electrons. The molecular weight excluding hydrogens is 313 g/mol. The predicted octanol–water partition coefficient (Wildman–Crippen LogP) is 5.80. The first kappa shape index (κ1) is 15.6. The lowest BCUT2D eigenvalue weighted by atomic mass is 10.0. The van der Waals surface area contributed by atoms with Crippen LogP contribution in [0.5, 0.6) is 0 Å². The Balaban J connectivity index is 2.17. The van der Waals surface area contributed by atoms with Crippen LogP contribution in [0.15, 0.2) is 48.7 Å². The van der Waals surface area contributed by atoms with E-state index in [1.807, 2.05) is 25.3 Å². The molecule has 2 heterocycles. The summed E-state index contributed by atoms with van der Waals surface area (Å²) in [5.41, 5.74) is 5.52. The maximum Gasteiger partial charge on any atom is 0.123 e. The Morgan fingerprint density at radius 3 is 2.60 bits per heavy atom. The molecule has 0 atom stereocenters. The zero-order valence-corrected chi connectivity index (χ0v) is 14.5. The molecule has 0 aliphatic carbocycles. The standard InChI is InChI=1S/C21H20FN3/c1-4-5-17-18-11-19-14(12-23-24-19)10-20(18)25(21(17)13(2)3)16-8-6-15(22)7-9-16/h4-13H,1-3H3,(H,23,24)/b5-4+. The van der Waals surface area contributed by atoms with E-state index in [0.29, 0.717) is 5.92 Å². The summed E-state index contributed by atoms with van der Waals surface area (Å²) in [6.45, 7) is 6.41. The number of hydrogen-bond donors (Lipinski definition) is 1. The van der Waals surface area contributed by atoms with Crippen molar-refractivity contribution in [3.63, 3.8) is 0 Å². The van der Waals surface area contributed by atoms with E-state index in [2.05, 4.69) is 52.9 Å². The molecule has 25 heavy (non-hydrogen) atoms. The Morgan fingerprint density at radius 2 is 1.92 bits per heavy atom. The van der Waals surface area contributed by atoms with Crippen molar-refractivity contribution in [2.75, 3.05) is 0 Å². The number of hydrogen-bond acceptors (Lipinski definition) is 1. The van der Waals surface area contributed by atoms with Gasteiger partial charge >= 0.3 is 0 Å². The molecular formula is C21H20FN3. The fourth-order valence-corrected chi connectivity index (χ4v) is 3.55. The summed E-state index contributed by atoms with van der Waals surface area (Å²) in [6.07, 6.45) is 6.05. The van der Waals surface area contributed by atoms with Gasteiger partial charge in [-0.05, 0) is 49.2 Å². The summed E-state index contributed by atoms with van der Waals surface area (Å²) in [7, 11) is 0. The third-order valence-corrected chi connectivity index (χ3v) is 4.57. The van der Waals surface area contributed by atoms with Crippen molar-refractivity contribution < 1.29 is 4.39 Å². The third-order valence-electron chi connectivity index (χ3n) is 4.57. The van der Waals surface area contributed by atoms with Gasteiger partial charge in [0.2, 0.25) is 0 Å². The number of rotatable bonds is 3. The molecule has 0 fully saturated rings. The summed E-state index contributed by atoms with van der Waals surface area (Å²) in [5, 5.41) is 9.44. The van der Waals surface area contributed by atoms with Crippen LogP contribution in [0.2, 0.25) is 0 Å². The average Bonchev–Trinajstić information content (AvgIpc) is 3.16. The lowest BCUT2D eigenvalue weighted by molar-refractivity contribution is 0.627. The van der Waals surface area contributed by atoms with Crippen molar-refractivity contribution in [3.8, 4) is 5.69 Å². The second-order valence-electron chi connectivity index (χ2n) is 6.59. The smallest absolute Gasteiger partial charge is 0.123 e. The lowest BCUT2D eigenvalue weighted by Gasteiger charge is -2.14. The van der Waals surface area contributed by atoms with Crippen LogP contribution in [-0.2, 0) is 0 Å². The fourth-order valence-electron chi connectivity index (χ4n) is 3.55. The van der Waals surface area contributed by atoms with E-state index in [1.165, 1.54) is 28.8 Å². The van der Waals surface area contributed by atoms with Crippen molar-refractivity contribution in [1.82, 2.24) is 14.8 Å². The molecule has 4 rings (SSSR count). The van der Waals surface area contributed by atoms with E-state index >= 15 is 0 Å². The highest BCUT2D eigenvalue weighted by Gasteiger charge is 2.20. The van der Waals surface area contributed by atoms with Crippen LogP contribution >= 0.6 is 0 Å². The number of aromatic nitrogens is 3. The molecule has 0 spiro atoms. The van der Waals surface area contributed by atoms with Gasteiger partial charge in [0, 0.05) is 27.7 Å². The van der Waals surface area contributed by atoms with E-state index < -0.39 is 0 Å². The van der Waals surface area contributed by atoms with Gasteiger partial charge in [0.15, 0.2) is 0 Å². The highest BCUT2D eigenvalue weighted by molar-refractivity contribution is 6.01. The number of aromatic amines is 1. The number of benzene rings is 2. The predicted molar refractivity (Wildman–Crippen MR) is 102 cm³/mol. The highest BCUT2D eigenvalue weighted by atomic mass is 19.1. The molecule has 0 aliphatic heterocycles. The van der Waals surface area contributed by atoms with Crippen molar-refractivity contribution >= 4 is 27.9 Å². The SMILES string of the molecule is C/C=C/c1c(C(C)C)n(-c2ccc(F)cc2)c2cc3cn[nH]c3cc12. The minimum atomic E-state index is -0.225. The van der Waals surface area contributed by atoms with Crippen molar-refractivity contribution in [2.45, 2.75) is 26.7 Å². The molecule has 0 amide bonds. The average molecular weight is 333 g/mol. The summed E-state index contributed by atoms with van der Waals surface area (Å²) < 4.78 is 15.7. The Hall–Kier alpha value is -2.88. The minimum absolute atomic E-state index is 0.225. The second-order valence-corrected chi connectivity index (χ2v) is 6.59. The number of nitrogens with zero attached hydrogens (tertiary/aromatic N) is 2. The van der Waals surface area contributed by atoms with Crippen LogP contribution in [0.4, 0.5) is 4.39 Å². The largest absolute Gasteiger partial charge is 0.313 e. The zero-order chi connectivity index (χ0) is 17.6. The second kappa shape index (κ2) is 5.88. The number of allylic oxidation sites excluding steroid dienone is 1. The van der Waals surface area contributed by atoms with Gasteiger partial charge in [-0.1, -0.05) is 26.0 Å². The van der Waals surface area contributed by atoms with Crippen LogP contribution in [0, 0.1) is 5.82 Å². The first-order valence-corrected chi connectivity index (χ1v) is 8.50. The van der Waals surface area contributed by atoms with Crippen molar-refractivity contribution in [2.24, 2.45) is 0 Å². The summed E-state index contributed by atoms with van der Waals surface area (Å²) >= 11 is 0. The quantitative estimate of drug-likeness (QED) is 0.505. The molecule has 0 radical (unpaired) electrons. The number of halogens is 1. The topological polar surface area (TPSA) is 33.6 Å². The summed E-state index contributed by atoms with van der Waals surface area (Å²) in [4.78, 5) is 0. The summed E-state index contributed by atoms with van der Waals surface area (Å²) in [5.74, 6) is 0.0948. The van der Waals surface area contributed by atoms with Crippen LogP contribution in [-0.4, -0.2) is 14.8 Å². The maximum atomic E-state index is 13.4. The van der Waals surface area contributed by atoms with E-state index in [9.17, 15) is 4.39 Å². The Labute approximate surface area is 145 Å². The first-order valence-electron chi connectivity index (χ1n) is 8.50. The van der Waals surface area contributed by atoms with Gasteiger partial charge in [-0.2, -0.15) is 5.10 Å². The van der Waals surface area contributed by atoms with Gasteiger partial charge in [-0.15, -0.1) is 0 Å². The Kier molecular flexibility index (Phi) is 3.68. The Morgan fingerprint density at radius 1 is 1.16 bits per heavy atom. The van der Waals surface area contributed by atoms with E-state index in [4.69, 9.17) is 0 Å². The fraction of sp³-hybridized carbons (Fsp3) is 0.190.